The number of nitrogens with two attached hydrogens (primary N) is 1. The maximum absolute atomic E-state index is 12.7. The van der Waals surface area contributed by atoms with Crippen molar-refractivity contribution in [1.82, 2.24) is 19.5 Å². The Morgan fingerprint density at radius 3 is 2.81 bits per heavy atom. The number of anilines is 1. The van der Waals surface area contributed by atoms with E-state index in [1.165, 1.54) is 6.20 Å². The van der Waals surface area contributed by atoms with E-state index in [9.17, 15) is 14.9 Å². The highest BCUT2D eigenvalue weighted by atomic mass is 79.9. The number of amides is 2. The first kappa shape index (κ1) is 17.7. The Kier molecular flexibility index (Phi) is 4.07. The van der Waals surface area contributed by atoms with Crippen molar-refractivity contribution in [3.63, 3.8) is 0 Å². The number of imidazole rings is 1. The Labute approximate surface area is 163 Å². The molecule has 2 aromatic rings. The average Bonchev–Trinajstić information content (AvgIpc) is 3.21. The van der Waals surface area contributed by atoms with Gasteiger partial charge in [0.1, 0.15) is 10.0 Å². The number of fused-ring (bicyclic) bond motifs is 1. The number of nitriles is 1. The lowest BCUT2D eigenvalue weighted by Crippen LogP contribution is -2.36. The first-order valence-corrected chi connectivity index (χ1v) is 9.45. The Morgan fingerprint density at radius 2 is 2.19 bits per heavy atom. The summed E-state index contributed by atoms with van der Waals surface area (Å²) in [4.78, 5) is 30.6. The fraction of sp³-hybridized carbons (Fsp3) is 0.471. The minimum atomic E-state index is -0.828. The normalized spacial score (nSPS) is 23.2. The number of primary amides is 1. The summed E-state index contributed by atoms with van der Waals surface area (Å²) in [5.41, 5.74) is 5.90. The quantitative estimate of drug-likeness (QED) is 0.746. The van der Waals surface area contributed by atoms with E-state index < -0.39 is 11.3 Å². The molecule has 0 radical (unpaired) electrons. The lowest BCUT2D eigenvalue weighted by atomic mass is 10.1. The van der Waals surface area contributed by atoms with Gasteiger partial charge >= 0.3 is 0 Å². The molecule has 140 valence electrons. The minimum Gasteiger partial charge on any atom is -0.376 e. The second kappa shape index (κ2) is 6.20. The van der Waals surface area contributed by atoms with Gasteiger partial charge in [-0.2, -0.15) is 10.4 Å². The molecule has 10 heteroatoms. The molecule has 2 amide bonds. The molecule has 0 spiro atoms. The number of rotatable bonds is 4. The molecule has 27 heavy (non-hydrogen) atoms. The average molecular weight is 432 g/mol. The number of nitrogens with one attached hydrogen (secondary N) is 1. The van der Waals surface area contributed by atoms with Gasteiger partial charge in [-0.25, -0.2) is 9.50 Å². The fourth-order valence-corrected chi connectivity index (χ4v) is 3.90. The van der Waals surface area contributed by atoms with E-state index in [4.69, 9.17) is 5.73 Å². The van der Waals surface area contributed by atoms with E-state index in [2.05, 4.69) is 37.4 Å². The molecule has 2 fully saturated rings. The molecule has 1 saturated heterocycles. The Balaban J connectivity index is 1.62. The summed E-state index contributed by atoms with van der Waals surface area (Å²) in [6.07, 6.45) is 4.35. The summed E-state index contributed by atoms with van der Waals surface area (Å²) in [6, 6.07) is 2.07. The van der Waals surface area contributed by atoms with Gasteiger partial charge in [-0.05, 0) is 34.7 Å². The summed E-state index contributed by atoms with van der Waals surface area (Å²) in [7, 11) is 0. The first-order chi connectivity index (χ1) is 12.8. The van der Waals surface area contributed by atoms with E-state index in [1.807, 2.05) is 6.92 Å². The van der Waals surface area contributed by atoms with Crippen LogP contribution in [0.4, 0.5) is 5.69 Å². The van der Waals surface area contributed by atoms with Crippen LogP contribution in [0.1, 0.15) is 30.1 Å². The standard InChI is InChI=1S/C17H18BrN7O2/c1-9-5-24(16(27)17(8-19)2-3-17)6-11(9)22-13-10(14(20)26)4-21-25-7-12(18)23-15(13)25/h4,7,9,11,22H,2-3,5-6H2,1H3,(H2,20,26)/t9-,11-/m1/s1. The summed E-state index contributed by atoms with van der Waals surface area (Å²) in [5, 5.41) is 16.8. The number of hydrogen-bond donors (Lipinski definition) is 2. The Morgan fingerprint density at radius 1 is 1.44 bits per heavy atom. The van der Waals surface area contributed by atoms with E-state index in [1.54, 1.807) is 15.6 Å². The van der Waals surface area contributed by atoms with Crippen LogP contribution >= 0.6 is 15.9 Å². The van der Waals surface area contributed by atoms with Crippen molar-refractivity contribution in [3.05, 3.63) is 22.6 Å². The van der Waals surface area contributed by atoms with Crippen LogP contribution in [0.2, 0.25) is 0 Å². The van der Waals surface area contributed by atoms with Gasteiger partial charge in [-0.3, -0.25) is 9.59 Å². The van der Waals surface area contributed by atoms with Crippen molar-refractivity contribution < 1.29 is 9.59 Å². The number of nitrogens with zero attached hydrogens (tertiary/aromatic N) is 5. The molecule has 1 saturated carbocycles. The smallest absolute Gasteiger partial charge is 0.252 e. The van der Waals surface area contributed by atoms with Gasteiger partial charge < -0.3 is 16.0 Å². The monoisotopic (exact) mass is 431 g/mol. The van der Waals surface area contributed by atoms with Crippen LogP contribution in [-0.2, 0) is 4.79 Å². The molecule has 3 N–H and O–H groups in total. The van der Waals surface area contributed by atoms with Crippen LogP contribution < -0.4 is 11.1 Å². The predicted molar refractivity (Wildman–Crippen MR) is 99.6 cm³/mol. The number of hydrogen-bond acceptors (Lipinski definition) is 6. The molecular weight excluding hydrogens is 414 g/mol. The predicted octanol–water partition coefficient (Wildman–Crippen LogP) is 1.15. The van der Waals surface area contributed by atoms with Crippen LogP contribution in [0, 0.1) is 22.7 Å². The highest BCUT2D eigenvalue weighted by Crippen LogP contribution is 2.47. The molecule has 9 nitrogen and oxygen atoms in total. The molecule has 1 aliphatic heterocycles. The van der Waals surface area contributed by atoms with Gasteiger partial charge in [0.2, 0.25) is 5.91 Å². The highest BCUT2D eigenvalue weighted by Gasteiger charge is 2.54. The second-order valence-corrected chi connectivity index (χ2v) is 8.07. The van der Waals surface area contributed by atoms with E-state index >= 15 is 0 Å². The number of carbonyl (C=O) groups is 2. The van der Waals surface area contributed by atoms with Crippen molar-refractivity contribution in [2.75, 3.05) is 18.4 Å². The van der Waals surface area contributed by atoms with E-state index in [-0.39, 0.29) is 23.4 Å². The lowest BCUT2D eigenvalue weighted by molar-refractivity contribution is -0.134. The number of likely N-dealkylation sites (tertiary alicyclic amines) is 1. The maximum atomic E-state index is 12.7. The SMILES string of the molecule is C[C@@H]1CN(C(=O)C2(C#N)CC2)C[C@H]1Nc1c(C(N)=O)cnn2cc(Br)nc12. The first-order valence-electron chi connectivity index (χ1n) is 8.65. The molecule has 0 unspecified atom stereocenters. The zero-order chi connectivity index (χ0) is 19.3. The highest BCUT2D eigenvalue weighted by molar-refractivity contribution is 9.10. The van der Waals surface area contributed by atoms with Gasteiger partial charge in [-0.1, -0.05) is 6.92 Å². The van der Waals surface area contributed by atoms with Gasteiger partial charge in [0, 0.05) is 19.1 Å². The molecule has 2 atom stereocenters. The van der Waals surface area contributed by atoms with Crippen LogP contribution in [-0.4, -0.2) is 50.4 Å². The van der Waals surface area contributed by atoms with Crippen LogP contribution in [0.15, 0.2) is 17.0 Å². The summed E-state index contributed by atoms with van der Waals surface area (Å²) < 4.78 is 2.14. The van der Waals surface area contributed by atoms with Crippen molar-refractivity contribution in [2.45, 2.75) is 25.8 Å². The van der Waals surface area contributed by atoms with Gasteiger partial charge in [-0.15, -0.1) is 0 Å². The third-order valence-electron chi connectivity index (χ3n) is 5.33. The number of carbonyl (C=O) groups excluding carboxylic acids is 2. The van der Waals surface area contributed by atoms with Crippen LogP contribution in [0.25, 0.3) is 5.65 Å². The number of aromatic nitrogens is 3. The Hall–Kier alpha value is -2.67. The van der Waals surface area contributed by atoms with Gasteiger partial charge in [0.25, 0.3) is 5.91 Å². The summed E-state index contributed by atoms with van der Waals surface area (Å²) in [6.45, 7) is 3.05. The molecule has 4 rings (SSSR count). The van der Waals surface area contributed by atoms with Crippen molar-refractivity contribution in [1.29, 1.82) is 5.26 Å². The second-order valence-electron chi connectivity index (χ2n) is 7.26. The van der Waals surface area contributed by atoms with Gasteiger partial charge in [0.05, 0.1) is 29.7 Å². The molecule has 2 aromatic heterocycles. The lowest BCUT2D eigenvalue weighted by Gasteiger charge is -2.21. The molecular formula is C17H18BrN7O2. The molecule has 0 bridgehead atoms. The third-order valence-corrected chi connectivity index (χ3v) is 5.71. The van der Waals surface area contributed by atoms with Crippen molar-refractivity contribution in [3.8, 4) is 6.07 Å². The van der Waals surface area contributed by atoms with Crippen molar-refractivity contribution in [2.24, 2.45) is 17.1 Å². The largest absolute Gasteiger partial charge is 0.376 e. The van der Waals surface area contributed by atoms with Crippen molar-refractivity contribution >= 4 is 39.1 Å². The molecule has 2 aliphatic rings. The molecule has 1 aliphatic carbocycles. The topological polar surface area (TPSA) is 129 Å². The Bertz CT molecular complexity index is 991. The fourth-order valence-electron chi connectivity index (χ4n) is 3.54. The van der Waals surface area contributed by atoms with Gasteiger partial charge in [0.15, 0.2) is 5.65 Å². The third kappa shape index (κ3) is 2.92. The van der Waals surface area contributed by atoms with E-state index in [0.29, 0.717) is 41.9 Å². The zero-order valence-electron chi connectivity index (χ0n) is 14.6. The molecule has 0 aromatic carbocycles. The van der Waals surface area contributed by atoms with Crippen LogP contribution in [0.3, 0.4) is 0 Å². The molecule has 3 heterocycles. The number of halogens is 1. The summed E-state index contributed by atoms with van der Waals surface area (Å²) >= 11 is 3.31. The minimum absolute atomic E-state index is 0.0942. The summed E-state index contributed by atoms with van der Waals surface area (Å²) in [5.74, 6) is -0.567. The van der Waals surface area contributed by atoms with E-state index in [0.717, 1.165) is 0 Å². The zero-order valence-corrected chi connectivity index (χ0v) is 16.2. The maximum Gasteiger partial charge on any atom is 0.252 e. The van der Waals surface area contributed by atoms with Crippen LogP contribution in [0.5, 0.6) is 0 Å².